The van der Waals surface area contributed by atoms with Crippen LogP contribution in [0.15, 0.2) is 0 Å². The van der Waals surface area contributed by atoms with Gasteiger partial charge in [-0.05, 0) is 12.8 Å². The van der Waals surface area contributed by atoms with Gasteiger partial charge in [0.05, 0.1) is 12.7 Å². The number of carbonyl (C=O) groups is 1. The molecule has 1 amide bonds. The first-order valence-electron chi connectivity index (χ1n) is 5.95. The molecule has 1 N–H and O–H groups in total. The van der Waals surface area contributed by atoms with Crippen LogP contribution in [0.4, 0.5) is 0 Å². The summed E-state index contributed by atoms with van der Waals surface area (Å²) in [6, 6.07) is 0. The SMILES string of the molecule is COC1CCCN(C(=O)C2CNCCO2)C1.Cl. The van der Waals surface area contributed by atoms with Crippen LogP contribution >= 0.6 is 12.4 Å². The first-order chi connectivity index (χ1) is 7.81. The van der Waals surface area contributed by atoms with Crippen molar-refractivity contribution in [1.29, 1.82) is 0 Å². The fraction of sp³-hybridized carbons (Fsp3) is 0.909. The lowest BCUT2D eigenvalue weighted by Crippen LogP contribution is -2.52. The summed E-state index contributed by atoms with van der Waals surface area (Å²) in [7, 11) is 1.71. The van der Waals surface area contributed by atoms with Crippen molar-refractivity contribution in [2.75, 3.05) is 39.9 Å². The summed E-state index contributed by atoms with van der Waals surface area (Å²) in [5.41, 5.74) is 0. The average Bonchev–Trinajstić information content (AvgIpc) is 2.39. The van der Waals surface area contributed by atoms with Gasteiger partial charge in [0.2, 0.25) is 0 Å². The van der Waals surface area contributed by atoms with Crippen LogP contribution in [0.1, 0.15) is 12.8 Å². The number of rotatable bonds is 2. The van der Waals surface area contributed by atoms with E-state index in [2.05, 4.69) is 5.32 Å². The van der Waals surface area contributed by atoms with E-state index >= 15 is 0 Å². The highest BCUT2D eigenvalue weighted by Gasteiger charge is 2.30. The van der Waals surface area contributed by atoms with E-state index in [1.807, 2.05) is 4.90 Å². The predicted molar refractivity (Wildman–Crippen MR) is 66.5 cm³/mol. The fourth-order valence-corrected chi connectivity index (χ4v) is 2.26. The van der Waals surface area contributed by atoms with Gasteiger partial charge >= 0.3 is 0 Å². The number of likely N-dealkylation sites (tertiary alicyclic amines) is 1. The van der Waals surface area contributed by atoms with Crippen molar-refractivity contribution in [3.63, 3.8) is 0 Å². The lowest BCUT2D eigenvalue weighted by atomic mass is 10.1. The number of halogens is 1. The van der Waals surface area contributed by atoms with Gasteiger partial charge in [0.25, 0.3) is 5.91 Å². The van der Waals surface area contributed by atoms with Gasteiger partial charge in [-0.15, -0.1) is 12.4 Å². The minimum Gasteiger partial charge on any atom is -0.380 e. The highest BCUT2D eigenvalue weighted by molar-refractivity contribution is 5.85. The first kappa shape index (κ1) is 14.7. The van der Waals surface area contributed by atoms with Gasteiger partial charge in [0.1, 0.15) is 6.10 Å². The van der Waals surface area contributed by atoms with Crippen LogP contribution in [0, 0.1) is 0 Å². The molecule has 0 aromatic carbocycles. The second-order valence-electron chi connectivity index (χ2n) is 4.35. The summed E-state index contributed by atoms with van der Waals surface area (Å²) in [6.45, 7) is 3.63. The molecular weight excluding hydrogens is 244 g/mol. The highest BCUT2D eigenvalue weighted by atomic mass is 35.5. The zero-order valence-corrected chi connectivity index (χ0v) is 11.0. The van der Waals surface area contributed by atoms with Crippen LogP contribution < -0.4 is 5.32 Å². The minimum atomic E-state index is -0.302. The molecule has 0 bridgehead atoms. The molecule has 6 heteroatoms. The molecular formula is C11H21ClN2O3. The predicted octanol–water partition coefficient (Wildman–Crippen LogP) is 0.0340. The molecule has 17 heavy (non-hydrogen) atoms. The van der Waals surface area contributed by atoms with Crippen LogP contribution in [-0.4, -0.2) is 62.9 Å². The Morgan fingerprint density at radius 3 is 3.00 bits per heavy atom. The monoisotopic (exact) mass is 264 g/mol. The molecule has 2 aliphatic rings. The minimum absolute atomic E-state index is 0. The molecule has 100 valence electrons. The number of hydrogen-bond acceptors (Lipinski definition) is 4. The van der Waals surface area contributed by atoms with Crippen LogP contribution in [0.3, 0.4) is 0 Å². The number of amides is 1. The van der Waals surface area contributed by atoms with E-state index in [1.54, 1.807) is 7.11 Å². The molecule has 2 atom stereocenters. The second-order valence-corrected chi connectivity index (χ2v) is 4.35. The summed E-state index contributed by atoms with van der Waals surface area (Å²) in [5.74, 6) is 0.106. The maximum Gasteiger partial charge on any atom is 0.253 e. The highest BCUT2D eigenvalue weighted by Crippen LogP contribution is 2.14. The van der Waals surface area contributed by atoms with Crippen molar-refractivity contribution in [3.05, 3.63) is 0 Å². The topological polar surface area (TPSA) is 50.8 Å². The van der Waals surface area contributed by atoms with Crippen LogP contribution in [0.2, 0.25) is 0 Å². The van der Waals surface area contributed by atoms with Gasteiger partial charge in [-0.3, -0.25) is 4.79 Å². The van der Waals surface area contributed by atoms with E-state index in [9.17, 15) is 4.79 Å². The number of ether oxygens (including phenoxy) is 2. The lowest BCUT2D eigenvalue weighted by molar-refractivity contribution is -0.148. The average molecular weight is 265 g/mol. The molecule has 0 saturated carbocycles. The van der Waals surface area contributed by atoms with Gasteiger partial charge in [0, 0.05) is 33.3 Å². The van der Waals surface area contributed by atoms with Gasteiger partial charge in [-0.1, -0.05) is 0 Å². The van der Waals surface area contributed by atoms with E-state index < -0.39 is 0 Å². The van der Waals surface area contributed by atoms with E-state index in [4.69, 9.17) is 9.47 Å². The molecule has 5 nitrogen and oxygen atoms in total. The molecule has 0 aromatic heterocycles. The molecule has 2 rings (SSSR count). The smallest absolute Gasteiger partial charge is 0.253 e. The Morgan fingerprint density at radius 1 is 1.53 bits per heavy atom. The zero-order chi connectivity index (χ0) is 11.4. The third-order valence-electron chi connectivity index (χ3n) is 3.23. The quantitative estimate of drug-likeness (QED) is 0.765. The third-order valence-corrected chi connectivity index (χ3v) is 3.23. The van der Waals surface area contributed by atoms with E-state index in [0.717, 1.165) is 25.9 Å². The van der Waals surface area contributed by atoms with Crippen molar-refractivity contribution in [1.82, 2.24) is 10.2 Å². The van der Waals surface area contributed by atoms with Crippen molar-refractivity contribution < 1.29 is 14.3 Å². The molecule has 2 fully saturated rings. The third kappa shape index (κ3) is 3.81. The maximum atomic E-state index is 12.1. The first-order valence-corrected chi connectivity index (χ1v) is 5.95. The van der Waals surface area contributed by atoms with Gasteiger partial charge in [-0.2, -0.15) is 0 Å². The van der Waals surface area contributed by atoms with Crippen LogP contribution in [-0.2, 0) is 14.3 Å². The number of nitrogens with one attached hydrogen (secondary N) is 1. The Hall–Kier alpha value is -0.360. The standard InChI is InChI=1S/C11H20N2O3.ClH/c1-15-9-3-2-5-13(8-9)11(14)10-7-12-4-6-16-10;/h9-10,12H,2-8H2,1H3;1H. The number of hydrogen-bond donors (Lipinski definition) is 1. The number of methoxy groups -OCH3 is 1. The zero-order valence-electron chi connectivity index (χ0n) is 10.2. The summed E-state index contributed by atoms with van der Waals surface area (Å²) >= 11 is 0. The number of piperidine rings is 1. The molecule has 2 saturated heterocycles. The molecule has 0 aromatic rings. The molecule has 0 spiro atoms. The van der Waals surface area contributed by atoms with Crippen LogP contribution in [0.5, 0.6) is 0 Å². The van der Waals surface area contributed by atoms with Crippen LogP contribution in [0.25, 0.3) is 0 Å². The summed E-state index contributed by atoms with van der Waals surface area (Å²) < 4.78 is 10.8. The summed E-state index contributed by atoms with van der Waals surface area (Å²) in [5, 5.41) is 3.18. The van der Waals surface area contributed by atoms with Gasteiger partial charge in [-0.25, -0.2) is 0 Å². The Labute approximate surface area is 108 Å². The molecule has 0 radical (unpaired) electrons. The fourth-order valence-electron chi connectivity index (χ4n) is 2.26. The molecule has 0 aliphatic carbocycles. The Kier molecular flexibility index (Phi) is 6.19. The Morgan fingerprint density at radius 2 is 2.35 bits per heavy atom. The molecule has 2 aliphatic heterocycles. The maximum absolute atomic E-state index is 12.1. The molecule has 2 unspecified atom stereocenters. The summed E-state index contributed by atoms with van der Waals surface area (Å²) in [6.07, 6.45) is 1.95. The normalized spacial score (nSPS) is 29.6. The van der Waals surface area contributed by atoms with Crippen molar-refractivity contribution in [2.45, 2.75) is 25.0 Å². The van der Waals surface area contributed by atoms with Crippen molar-refractivity contribution in [3.8, 4) is 0 Å². The number of carbonyl (C=O) groups excluding carboxylic acids is 1. The Balaban J connectivity index is 0.00000144. The molecule has 2 heterocycles. The second kappa shape index (κ2) is 7.16. The van der Waals surface area contributed by atoms with E-state index in [0.29, 0.717) is 19.7 Å². The van der Waals surface area contributed by atoms with Gasteiger partial charge < -0.3 is 19.7 Å². The summed E-state index contributed by atoms with van der Waals surface area (Å²) in [4.78, 5) is 14.0. The lowest BCUT2D eigenvalue weighted by Gasteiger charge is -2.35. The number of morpholine rings is 1. The van der Waals surface area contributed by atoms with Crippen molar-refractivity contribution >= 4 is 18.3 Å². The Bertz CT molecular complexity index is 247. The van der Waals surface area contributed by atoms with Crippen molar-refractivity contribution in [2.24, 2.45) is 0 Å². The number of nitrogens with zero attached hydrogens (tertiary/aromatic N) is 1. The van der Waals surface area contributed by atoms with Gasteiger partial charge in [0.15, 0.2) is 0 Å². The van der Waals surface area contributed by atoms with E-state index in [-0.39, 0.29) is 30.5 Å². The largest absolute Gasteiger partial charge is 0.380 e. The van der Waals surface area contributed by atoms with E-state index in [1.165, 1.54) is 0 Å².